The van der Waals surface area contributed by atoms with Gasteiger partial charge in [-0.25, -0.2) is 4.57 Å². The van der Waals surface area contributed by atoms with E-state index in [-0.39, 0.29) is 23.5 Å². The zero-order valence-electron chi connectivity index (χ0n) is 18.8. The molecule has 3 rings (SSSR count). The highest BCUT2D eigenvalue weighted by molar-refractivity contribution is 5.93. The number of amides is 1. The Kier molecular flexibility index (Phi) is 7.51. The Balaban J connectivity index is 2.04. The molecule has 0 radical (unpaired) electrons. The Morgan fingerprint density at radius 1 is 1.09 bits per heavy atom. The lowest BCUT2D eigenvalue weighted by Gasteiger charge is -2.22. The second kappa shape index (κ2) is 10.7. The molecule has 0 atom stereocenters. The fourth-order valence-electron chi connectivity index (χ4n) is 3.38. The summed E-state index contributed by atoms with van der Waals surface area (Å²) in [6.45, 7) is 22.4. The molecular formula is C24H24N8O. The van der Waals surface area contributed by atoms with Crippen LogP contribution >= 0.6 is 0 Å². The molecule has 1 aromatic heterocycles. The second-order valence-electron chi connectivity index (χ2n) is 7.11. The van der Waals surface area contributed by atoms with Gasteiger partial charge in [0.05, 0.1) is 5.69 Å². The molecule has 0 aliphatic heterocycles. The number of hydrogen-bond donors (Lipinski definition) is 1. The van der Waals surface area contributed by atoms with Gasteiger partial charge in [0.15, 0.2) is 0 Å². The van der Waals surface area contributed by atoms with E-state index in [2.05, 4.69) is 49.0 Å². The van der Waals surface area contributed by atoms with Gasteiger partial charge in [-0.2, -0.15) is 0 Å². The summed E-state index contributed by atoms with van der Waals surface area (Å²) in [6, 6.07) is 15.1. The molecule has 9 nitrogen and oxygen atoms in total. The summed E-state index contributed by atoms with van der Waals surface area (Å²) in [5, 5.41) is 11.4. The molecule has 1 amide bonds. The van der Waals surface area contributed by atoms with Crippen LogP contribution in [0.2, 0.25) is 0 Å². The summed E-state index contributed by atoms with van der Waals surface area (Å²) < 4.78 is 1.57. The summed E-state index contributed by atoms with van der Waals surface area (Å²) >= 11 is 0. The molecule has 0 saturated heterocycles. The average Bonchev–Trinajstić information content (AvgIpc) is 3.16. The van der Waals surface area contributed by atoms with Gasteiger partial charge in [0.2, 0.25) is 5.91 Å². The Labute approximate surface area is 193 Å². The molecule has 0 spiro atoms. The van der Waals surface area contributed by atoms with Crippen LogP contribution in [0.1, 0.15) is 26.3 Å². The maximum atomic E-state index is 11.8. The largest absolute Gasteiger partial charge is 0.417 e. The first-order chi connectivity index (χ1) is 16.0. The maximum absolute atomic E-state index is 11.8. The van der Waals surface area contributed by atoms with Crippen LogP contribution in [0, 0.1) is 13.1 Å². The second-order valence-corrected chi connectivity index (χ2v) is 7.11. The van der Waals surface area contributed by atoms with Gasteiger partial charge in [0.25, 0.3) is 11.6 Å². The number of carbonyl (C=O) groups is 1. The van der Waals surface area contributed by atoms with Crippen molar-refractivity contribution in [1.82, 2.24) is 9.55 Å². The average molecular weight is 441 g/mol. The van der Waals surface area contributed by atoms with E-state index in [1.54, 1.807) is 10.6 Å². The van der Waals surface area contributed by atoms with Gasteiger partial charge in [-0.1, -0.05) is 53.6 Å². The van der Waals surface area contributed by atoms with Gasteiger partial charge in [0.1, 0.15) is 12.2 Å². The van der Waals surface area contributed by atoms with Crippen molar-refractivity contribution in [2.24, 2.45) is 10.2 Å². The molecule has 1 heterocycles. The predicted octanol–water partition coefficient (Wildman–Crippen LogP) is 6.25. The first-order valence-corrected chi connectivity index (χ1v) is 10.5. The SMILES string of the molecule is [C-]#[N+]c1nc(N=Nc2ccc(N(CC)CC)cc2NC(C)=O)n(Cc2ccccc2)c1[N+]#[C-]. The van der Waals surface area contributed by atoms with Crippen molar-refractivity contribution in [1.29, 1.82) is 0 Å². The van der Waals surface area contributed by atoms with E-state index in [1.165, 1.54) is 6.92 Å². The van der Waals surface area contributed by atoms with E-state index in [1.807, 2.05) is 42.5 Å². The smallest absolute Gasteiger partial charge is 0.373 e. The van der Waals surface area contributed by atoms with Crippen molar-refractivity contribution < 1.29 is 4.79 Å². The number of anilines is 2. The third-order valence-corrected chi connectivity index (χ3v) is 4.96. The summed E-state index contributed by atoms with van der Waals surface area (Å²) in [6.07, 6.45) is 0. The Hall–Kier alpha value is -4.50. The van der Waals surface area contributed by atoms with Crippen LogP contribution in [0.25, 0.3) is 9.69 Å². The Bertz CT molecular complexity index is 1240. The molecule has 0 unspecified atom stereocenters. The summed E-state index contributed by atoms with van der Waals surface area (Å²) in [7, 11) is 0. The van der Waals surface area contributed by atoms with E-state index in [9.17, 15) is 4.79 Å². The van der Waals surface area contributed by atoms with Crippen LogP contribution in [0.15, 0.2) is 58.8 Å². The molecule has 3 aromatic rings. The summed E-state index contributed by atoms with van der Waals surface area (Å²) in [4.78, 5) is 25.0. The number of aromatic nitrogens is 2. The van der Waals surface area contributed by atoms with Crippen molar-refractivity contribution in [3.63, 3.8) is 0 Å². The number of imidazole rings is 1. The molecule has 2 aromatic carbocycles. The third kappa shape index (κ3) is 5.41. The Morgan fingerprint density at radius 2 is 1.82 bits per heavy atom. The van der Waals surface area contributed by atoms with Gasteiger partial charge in [0, 0.05) is 25.7 Å². The topological polar surface area (TPSA) is 83.6 Å². The van der Waals surface area contributed by atoms with Crippen LogP contribution in [0.3, 0.4) is 0 Å². The minimum absolute atomic E-state index is 0.0196. The molecule has 9 heteroatoms. The van der Waals surface area contributed by atoms with Crippen molar-refractivity contribution in [3.05, 3.63) is 76.9 Å². The van der Waals surface area contributed by atoms with Gasteiger partial charge in [-0.3, -0.25) is 4.79 Å². The quantitative estimate of drug-likeness (QED) is 0.332. The number of hydrogen-bond acceptors (Lipinski definition) is 5. The molecule has 0 bridgehead atoms. The number of carbonyl (C=O) groups excluding carboxylic acids is 1. The highest BCUT2D eigenvalue weighted by Gasteiger charge is 2.22. The van der Waals surface area contributed by atoms with Crippen molar-refractivity contribution >= 4 is 40.6 Å². The van der Waals surface area contributed by atoms with Crippen LogP contribution in [0.5, 0.6) is 0 Å². The first kappa shape index (κ1) is 23.2. The first-order valence-electron chi connectivity index (χ1n) is 10.5. The molecule has 0 saturated carbocycles. The van der Waals surface area contributed by atoms with Crippen LogP contribution in [0.4, 0.5) is 34.6 Å². The Morgan fingerprint density at radius 3 is 2.42 bits per heavy atom. The highest BCUT2D eigenvalue weighted by atomic mass is 16.1. The van der Waals surface area contributed by atoms with Gasteiger partial charge in [-0.05, 0) is 37.6 Å². The van der Waals surface area contributed by atoms with Crippen LogP contribution in [-0.4, -0.2) is 28.5 Å². The number of rotatable bonds is 8. The maximum Gasteiger partial charge on any atom is 0.417 e. The lowest BCUT2D eigenvalue weighted by atomic mass is 10.2. The monoisotopic (exact) mass is 440 g/mol. The van der Waals surface area contributed by atoms with Crippen molar-refractivity contribution in [3.8, 4) is 0 Å². The van der Waals surface area contributed by atoms with Crippen molar-refractivity contribution in [2.75, 3.05) is 23.3 Å². The van der Waals surface area contributed by atoms with Crippen LogP contribution < -0.4 is 10.2 Å². The molecule has 0 aliphatic carbocycles. The summed E-state index contributed by atoms with van der Waals surface area (Å²) in [5.41, 5.74) is 2.87. The number of benzene rings is 2. The molecule has 0 fully saturated rings. The highest BCUT2D eigenvalue weighted by Crippen LogP contribution is 2.36. The molecular weight excluding hydrogens is 416 g/mol. The van der Waals surface area contributed by atoms with Crippen LogP contribution in [-0.2, 0) is 11.3 Å². The van der Waals surface area contributed by atoms with E-state index in [4.69, 9.17) is 13.1 Å². The fraction of sp³-hybridized carbons (Fsp3) is 0.250. The summed E-state index contributed by atoms with van der Waals surface area (Å²) in [5.74, 6) is 0.0207. The molecule has 0 aliphatic rings. The number of azo groups is 1. The molecule has 33 heavy (non-hydrogen) atoms. The van der Waals surface area contributed by atoms with E-state index in [0.29, 0.717) is 17.9 Å². The zero-order chi connectivity index (χ0) is 23.8. The number of nitrogens with zero attached hydrogens (tertiary/aromatic N) is 7. The minimum atomic E-state index is -0.223. The van der Waals surface area contributed by atoms with E-state index in [0.717, 1.165) is 24.3 Å². The lowest BCUT2D eigenvalue weighted by molar-refractivity contribution is -0.114. The lowest BCUT2D eigenvalue weighted by Crippen LogP contribution is -2.21. The number of nitrogens with one attached hydrogen (secondary N) is 1. The third-order valence-electron chi connectivity index (χ3n) is 4.96. The zero-order valence-corrected chi connectivity index (χ0v) is 18.8. The van der Waals surface area contributed by atoms with Gasteiger partial charge >= 0.3 is 5.95 Å². The minimum Gasteiger partial charge on any atom is -0.373 e. The van der Waals surface area contributed by atoms with E-state index < -0.39 is 0 Å². The normalized spacial score (nSPS) is 10.6. The standard InChI is InChI=1S/C24H24N8O/c1-6-31(7-2)19-13-14-20(21(15-19)27-17(3)33)29-30-24-28-22(25-4)23(26-5)32(24)16-18-11-9-8-10-12-18/h8-15H,6-7,16H2,1-3H3,(H,27,33). The van der Waals surface area contributed by atoms with Gasteiger partial charge < -0.3 is 19.9 Å². The predicted molar refractivity (Wildman–Crippen MR) is 129 cm³/mol. The van der Waals surface area contributed by atoms with E-state index >= 15 is 0 Å². The molecule has 1 N–H and O–H groups in total. The fourth-order valence-corrected chi connectivity index (χ4v) is 3.38. The van der Waals surface area contributed by atoms with Gasteiger partial charge in [-0.15, -0.1) is 5.11 Å². The van der Waals surface area contributed by atoms with Crippen molar-refractivity contribution in [2.45, 2.75) is 27.3 Å². The molecule has 166 valence electrons.